The molecule has 0 N–H and O–H groups in total. The van der Waals surface area contributed by atoms with Gasteiger partial charge in [-0.2, -0.15) is 13.2 Å². The molecule has 1 saturated carbocycles. The molecule has 6 nitrogen and oxygen atoms in total. The van der Waals surface area contributed by atoms with Gasteiger partial charge in [-0.1, -0.05) is 11.6 Å². The molecular weight excluding hydrogens is 464 g/mol. The van der Waals surface area contributed by atoms with Gasteiger partial charge < -0.3 is 4.74 Å². The van der Waals surface area contributed by atoms with E-state index in [1.807, 2.05) is 0 Å². The van der Waals surface area contributed by atoms with Crippen LogP contribution in [0.25, 0.3) is 5.69 Å². The lowest BCUT2D eigenvalue weighted by molar-refractivity contribution is -0.144. The highest BCUT2D eigenvalue weighted by Gasteiger charge is 2.39. The Labute approximate surface area is 182 Å². The molecule has 1 aromatic heterocycles. The molecule has 0 amide bonds. The van der Waals surface area contributed by atoms with E-state index < -0.39 is 45.8 Å². The summed E-state index contributed by atoms with van der Waals surface area (Å²) in [4.78, 5) is 37.3. The Morgan fingerprint density at radius 2 is 1.94 bits per heavy atom. The first-order valence-electron chi connectivity index (χ1n) is 9.18. The highest BCUT2D eigenvalue weighted by molar-refractivity contribution is 8.00. The van der Waals surface area contributed by atoms with E-state index in [1.165, 1.54) is 0 Å². The van der Waals surface area contributed by atoms with Gasteiger partial charge in [-0.3, -0.25) is 14.2 Å². The minimum Gasteiger partial charge on any atom is -0.465 e. The van der Waals surface area contributed by atoms with E-state index in [0.29, 0.717) is 4.57 Å². The maximum Gasteiger partial charge on any atom is 0.431 e. The molecule has 3 rings (SSSR count). The number of esters is 1. The second-order valence-corrected chi connectivity index (χ2v) is 8.50. The number of benzene rings is 1. The Morgan fingerprint density at radius 1 is 1.29 bits per heavy atom. The molecule has 1 heterocycles. The quantitative estimate of drug-likeness (QED) is 0.357. The SMILES string of the molecule is CCOC(=O)C(Sc1cc(-n2c(=O)cc(C(F)(F)F)n(C)c2=O)c(F)cc1Cl)C1CC1. The van der Waals surface area contributed by atoms with Crippen LogP contribution in [-0.2, 0) is 22.8 Å². The lowest BCUT2D eigenvalue weighted by Crippen LogP contribution is -2.41. The molecule has 168 valence electrons. The number of halogens is 5. The van der Waals surface area contributed by atoms with Gasteiger partial charge in [-0.05, 0) is 37.8 Å². The number of carbonyl (C=O) groups is 1. The van der Waals surface area contributed by atoms with Gasteiger partial charge in [-0.25, -0.2) is 13.8 Å². The lowest BCUT2D eigenvalue weighted by Gasteiger charge is -2.17. The molecule has 1 fully saturated rings. The van der Waals surface area contributed by atoms with Crippen molar-refractivity contribution in [2.45, 2.75) is 36.1 Å². The van der Waals surface area contributed by atoms with Crippen LogP contribution in [0.1, 0.15) is 25.5 Å². The maximum absolute atomic E-state index is 14.6. The Bertz CT molecular complexity index is 1140. The molecule has 1 atom stereocenters. The molecule has 2 aromatic rings. The van der Waals surface area contributed by atoms with Crippen LogP contribution in [0.3, 0.4) is 0 Å². The Kier molecular flexibility index (Phi) is 6.56. The van der Waals surface area contributed by atoms with E-state index >= 15 is 0 Å². The van der Waals surface area contributed by atoms with E-state index in [1.54, 1.807) is 6.92 Å². The third kappa shape index (κ3) is 4.82. The fourth-order valence-corrected chi connectivity index (χ4v) is 4.53. The largest absolute Gasteiger partial charge is 0.465 e. The van der Waals surface area contributed by atoms with Crippen LogP contribution in [0.15, 0.2) is 32.7 Å². The normalized spacial score (nSPS) is 15.1. The molecule has 1 aliphatic carbocycles. The van der Waals surface area contributed by atoms with Crippen LogP contribution >= 0.6 is 23.4 Å². The Morgan fingerprint density at radius 3 is 2.48 bits per heavy atom. The molecule has 0 aliphatic heterocycles. The van der Waals surface area contributed by atoms with Gasteiger partial charge in [0.1, 0.15) is 16.8 Å². The third-order valence-corrected chi connectivity index (χ3v) is 6.52. The average Bonchev–Trinajstić information content (AvgIpc) is 3.49. The predicted octanol–water partition coefficient (Wildman–Crippen LogP) is 3.78. The van der Waals surface area contributed by atoms with Crippen molar-refractivity contribution in [2.24, 2.45) is 13.0 Å². The third-order valence-electron chi connectivity index (χ3n) is 4.68. The van der Waals surface area contributed by atoms with Gasteiger partial charge in [0.2, 0.25) is 0 Å². The number of thioether (sulfide) groups is 1. The first kappa shape index (κ1) is 23.4. The topological polar surface area (TPSA) is 70.3 Å². The molecule has 1 unspecified atom stereocenters. The summed E-state index contributed by atoms with van der Waals surface area (Å²) in [6.07, 6.45) is -3.36. The van der Waals surface area contributed by atoms with Crippen molar-refractivity contribution >= 4 is 29.3 Å². The summed E-state index contributed by atoms with van der Waals surface area (Å²) in [6.45, 7) is 1.82. The van der Waals surface area contributed by atoms with Crippen LogP contribution in [0.5, 0.6) is 0 Å². The average molecular weight is 481 g/mol. The monoisotopic (exact) mass is 480 g/mol. The summed E-state index contributed by atoms with van der Waals surface area (Å²) in [7, 11) is 0.828. The zero-order chi connectivity index (χ0) is 23.1. The van der Waals surface area contributed by atoms with Gasteiger partial charge in [-0.15, -0.1) is 11.8 Å². The summed E-state index contributed by atoms with van der Waals surface area (Å²) in [5.74, 6) is -1.51. The maximum atomic E-state index is 14.6. The molecule has 12 heteroatoms. The fourth-order valence-electron chi connectivity index (χ4n) is 3.00. The summed E-state index contributed by atoms with van der Waals surface area (Å²) in [5, 5.41) is -0.694. The van der Waals surface area contributed by atoms with E-state index in [9.17, 15) is 31.9 Å². The number of rotatable bonds is 6. The summed E-state index contributed by atoms with van der Waals surface area (Å²) in [5.41, 5.74) is -4.75. The van der Waals surface area contributed by atoms with Crippen molar-refractivity contribution in [3.63, 3.8) is 0 Å². The molecule has 0 bridgehead atoms. The van der Waals surface area contributed by atoms with E-state index in [4.69, 9.17) is 16.3 Å². The van der Waals surface area contributed by atoms with Crippen LogP contribution in [0.4, 0.5) is 17.6 Å². The van der Waals surface area contributed by atoms with E-state index in [-0.39, 0.29) is 33.1 Å². The van der Waals surface area contributed by atoms with Crippen LogP contribution < -0.4 is 11.2 Å². The van der Waals surface area contributed by atoms with Gasteiger partial charge in [0.25, 0.3) is 5.56 Å². The first-order valence-corrected chi connectivity index (χ1v) is 10.4. The highest BCUT2D eigenvalue weighted by atomic mass is 35.5. The van der Waals surface area contributed by atoms with Gasteiger partial charge in [0.05, 0.1) is 17.3 Å². The Hall–Kier alpha value is -2.27. The molecule has 0 saturated heterocycles. The number of alkyl halides is 3. The molecule has 0 spiro atoms. The zero-order valence-corrected chi connectivity index (χ0v) is 17.9. The fraction of sp³-hybridized carbons (Fsp3) is 0.421. The van der Waals surface area contributed by atoms with Gasteiger partial charge in [0, 0.05) is 18.0 Å². The van der Waals surface area contributed by atoms with Crippen LogP contribution in [0.2, 0.25) is 5.02 Å². The predicted molar refractivity (Wildman–Crippen MR) is 106 cm³/mol. The molecular formula is C19H17ClF4N2O4S. The minimum absolute atomic E-state index is 0.0373. The van der Waals surface area contributed by atoms with Crippen LogP contribution in [0, 0.1) is 11.7 Å². The van der Waals surface area contributed by atoms with Crippen molar-refractivity contribution in [2.75, 3.05) is 6.61 Å². The van der Waals surface area contributed by atoms with Crippen LogP contribution in [-0.4, -0.2) is 27.0 Å². The number of carbonyl (C=O) groups excluding carboxylic acids is 1. The molecule has 1 aliphatic rings. The smallest absolute Gasteiger partial charge is 0.431 e. The first-order chi connectivity index (χ1) is 14.5. The van der Waals surface area contributed by atoms with E-state index in [2.05, 4.69) is 0 Å². The van der Waals surface area contributed by atoms with Crippen molar-refractivity contribution in [1.29, 1.82) is 0 Å². The van der Waals surface area contributed by atoms with Crippen molar-refractivity contribution in [3.05, 3.63) is 55.6 Å². The molecule has 0 radical (unpaired) electrons. The standard InChI is InChI=1S/C19H17ClF4N2O4S/c1-3-30-17(28)16(9-4-5-9)31-13-7-12(11(21)6-10(13)20)26-15(27)8-14(19(22,23)24)25(2)18(26)29/h6-9,16H,3-5H2,1-2H3. The number of nitrogens with zero attached hydrogens (tertiary/aromatic N) is 2. The summed E-state index contributed by atoms with van der Waals surface area (Å²) >= 11 is 7.10. The molecule has 31 heavy (non-hydrogen) atoms. The number of ether oxygens (including phenoxy) is 1. The zero-order valence-electron chi connectivity index (χ0n) is 16.3. The summed E-state index contributed by atoms with van der Waals surface area (Å²) in [6, 6.07) is 2.14. The minimum atomic E-state index is -4.94. The molecule has 1 aromatic carbocycles. The number of hydrogen-bond donors (Lipinski definition) is 0. The van der Waals surface area contributed by atoms with Gasteiger partial charge in [0.15, 0.2) is 0 Å². The van der Waals surface area contributed by atoms with Crippen molar-refractivity contribution in [3.8, 4) is 5.69 Å². The van der Waals surface area contributed by atoms with Crippen molar-refractivity contribution in [1.82, 2.24) is 9.13 Å². The number of aromatic nitrogens is 2. The van der Waals surface area contributed by atoms with Crippen molar-refractivity contribution < 1.29 is 27.1 Å². The second kappa shape index (κ2) is 8.70. The van der Waals surface area contributed by atoms with E-state index in [0.717, 1.165) is 43.8 Å². The Balaban J connectivity index is 2.10. The second-order valence-electron chi connectivity index (χ2n) is 6.90. The summed E-state index contributed by atoms with van der Waals surface area (Å²) < 4.78 is 59.4. The van der Waals surface area contributed by atoms with Gasteiger partial charge >= 0.3 is 17.8 Å². The number of hydrogen-bond acceptors (Lipinski definition) is 5. The highest BCUT2D eigenvalue weighted by Crippen LogP contribution is 2.44. The lowest BCUT2D eigenvalue weighted by atomic mass is 10.3.